The maximum absolute atomic E-state index is 5.88. The van der Waals surface area contributed by atoms with Crippen LogP contribution in [0.15, 0.2) is 0 Å². The maximum atomic E-state index is 5.88. The third-order valence-corrected chi connectivity index (χ3v) is 4.35. The van der Waals surface area contributed by atoms with Gasteiger partial charge >= 0.3 is 0 Å². The molecule has 0 amide bonds. The number of alkyl halides is 1. The van der Waals surface area contributed by atoms with Crippen LogP contribution < -0.4 is 5.73 Å². The average Bonchev–Trinajstić information content (AvgIpc) is 2.24. The van der Waals surface area contributed by atoms with Crippen molar-refractivity contribution in [2.75, 3.05) is 0 Å². The molecule has 0 unspecified atom stereocenters. The van der Waals surface area contributed by atoms with Gasteiger partial charge in [0.15, 0.2) is 0 Å². The highest BCUT2D eigenvalue weighted by molar-refractivity contribution is 14.1. The van der Waals surface area contributed by atoms with Gasteiger partial charge in [0.2, 0.25) is 0 Å². The van der Waals surface area contributed by atoms with Crippen LogP contribution in [0.5, 0.6) is 0 Å². The Labute approximate surface area is 69.5 Å². The highest BCUT2D eigenvalue weighted by atomic mass is 127. The Balaban J connectivity index is 2.10. The molecule has 2 N–H and O–H groups in total. The number of rotatable bonds is 0. The van der Waals surface area contributed by atoms with Gasteiger partial charge < -0.3 is 5.73 Å². The van der Waals surface area contributed by atoms with Crippen LogP contribution in [0.2, 0.25) is 0 Å². The van der Waals surface area contributed by atoms with Gasteiger partial charge in [0.1, 0.15) is 0 Å². The van der Waals surface area contributed by atoms with Gasteiger partial charge in [-0.2, -0.15) is 0 Å². The van der Waals surface area contributed by atoms with Crippen molar-refractivity contribution < 1.29 is 0 Å². The normalized spacial score (nSPS) is 56.7. The van der Waals surface area contributed by atoms with Crippen LogP contribution in [0.4, 0.5) is 0 Å². The highest BCUT2D eigenvalue weighted by Crippen LogP contribution is 2.47. The molecule has 2 aliphatic rings. The van der Waals surface area contributed by atoms with Gasteiger partial charge in [0.25, 0.3) is 0 Å². The van der Waals surface area contributed by atoms with Crippen LogP contribution in [0.1, 0.15) is 19.3 Å². The first-order valence-corrected chi connectivity index (χ1v) is 4.91. The van der Waals surface area contributed by atoms with E-state index in [0.29, 0.717) is 6.04 Å². The second kappa shape index (κ2) is 2.09. The van der Waals surface area contributed by atoms with Crippen LogP contribution in [-0.2, 0) is 0 Å². The smallest absolute Gasteiger partial charge is 0.0142 e. The summed E-state index contributed by atoms with van der Waals surface area (Å²) in [6.07, 6.45) is 4.12. The lowest BCUT2D eigenvalue weighted by atomic mass is 9.96. The minimum absolute atomic E-state index is 0.556. The van der Waals surface area contributed by atoms with Crippen LogP contribution in [0.3, 0.4) is 0 Å². The van der Waals surface area contributed by atoms with Crippen molar-refractivity contribution in [2.45, 2.75) is 29.2 Å². The lowest BCUT2D eigenvalue weighted by molar-refractivity contribution is 0.434. The third kappa shape index (κ3) is 0.909. The molecule has 0 radical (unpaired) electrons. The van der Waals surface area contributed by atoms with Gasteiger partial charge in [-0.25, -0.2) is 0 Å². The summed E-state index contributed by atoms with van der Waals surface area (Å²) in [4.78, 5) is 0. The fraction of sp³-hybridized carbons (Fsp3) is 1.00. The third-order valence-electron chi connectivity index (χ3n) is 2.83. The molecule has 9 heavy (non-hydrogen) atoms. The average molecular weight is 237 g/mol. The highest BCUT2D eigenvalue weighted by Gasteiger charge is 2.42. The Morgan fingerprint density at radius 1 is 1.11 bits per heavy atom. The molecule has 4 atom stereocenters. The quantitative estimate of drug-likeness (QED) is 0.502. The van der Waals surface area contributed by atoms with E-state index < -0.39 is 0 Å². The van der Waals surface area contributed by atoms with Crippen LogP contribution in [0.25, 0.3) is 0 Å². The van der Waals surface area contributed by atoms with Crippen molar-refractivity contribution in [3.63, 3.8) is 0 Å². The summed E-state index contributed by atoms with van der Waals surface area (Å²) in [6.45, 7) is 0. The van der Waals surface area contributed by atoms with E-state index in [1.807, 2.05) is 0 Å². The van der Waals surface area contributed by atoms with Gasteiger partial charge in [-0.3, -0.25) is 0 Å². The summed E-state index contributed by atoms with van der Waals surface area (Å²) in [6, 6.07) is 0.556. The Kier molecular flexibility index (Phi) is 1.49. The molecule has 0 heterocycles. The van der Waals surface area contributed by atoms with Crippen molar-refractivity contribution in [3.05, 3.63) is 0 Å². The van der Waals surface area contributed by atoms with Crippen LogP contribution in [-0.4, -0.2) is 9.97 Å². The number of nitrogens with two attached hydrogens (primary N) is 1. The summed E-state index contributed by atoms with van der Waals surface area (Å²) >= 11 is 2.58. The fourth-order valence-electron chi connectivity index (χ4n) is 2.25. The van der Waals surface area contributed by atoms with E-state index in [9.17, 15) is 0 Å². The number of hydrogen-bond acceptors (Lipinski definition) is 1. The minimum atomic E-state index is 0.556. The number of hydrogen-bond donors (Lipinski definition) is 1. The summed E-state index contributed by atoms with van der Waals surface area (Å²) in [5.41, 5.74) is 5.88. The zero-order valence-electron chi connectivity index (χ0n) is 5.39. The molecular weight excluding hydrogens is 225 g/mol. The minimum Gasteiger partial charge on any atom is -0.327 e. The Bertz CT molecular complexity index is 108. The molecule has 0 aliphatic heterocycles. The van der Waals surface area contributed by atoms with Crippen LogP contribution in [0, 0.1) is 11.8 Å². The van der Waals surface area contributed by atoms with Gasteiger partial charge in [0, 0.05) is 9.97 Å². The molecule has 2 fully saturated rings. The largest absolute Gasteiger partial charge is 0.327 e. The Hall–Kier alpha value is 0.690. The molecule has 1 nitrogen and oxygen atoms in total. The number of halogens is 1. The summed E-state index contributed by atoms with van der Waals surface area (Å²) in [5.74, 6) is 1.86. The Morgan fingerprint density at radius 2 is 1.89 bits per heavy atom. The lowest BCUT2D eigenvalue weighted by Gasteiger charge is -2.20. The standard InChI is InChI=1S/C7H12IN/c8-6-2-5-1-4(6)3-7(5)9/h4-7H,1-3,9H2/t4-,5-,6+,7-/m1/s1. The van der Waals surface area contributed by atoms with Crippen LogP contribution >= 0.6 is 22.6 Å². The molecule has 0 aromatic rings. The van der Waals surface area contributed by atoms with E-state index in [4.69, 9.17) is 5.73 Å². The summed E-state index contributed by atoms with van der Waals surface area (Å²) in [5, 5.41) is 0. The molecule has 2 bridgehead atoms. The lowest BCUT2D eigenvalue weighted by Crippen LogP contribution is -2.29. The monoisotopic (exact) mass is 237 g/mol. The first-order valence-electron chi connectivity index (χ1n) is 3.67. The fourth-order valence-corrected chi connectivity index (χ4v) is 3.49. The molecular formula is C7H12IN. The van der Waals surface area contributed by atoms with Gasteiger partial charge in [-0.05, 0) is 31.1 Å². The summed E-state index contributed by atoms with van der Waals surface area (Å²) < 4.78 is 0.951. The van der Waals surface area contributed by atoms with Gasteiger partial charge in [-0.15, -0.1) is 0 Å². The van der Waals surface area contributed by atoms with Crippen molar-refractivity contribution in [1.82, 2.24) is 0 Å². The van der Waals surface area contributed by atoms with Crippen molar-refractivity contribution in [2.24, 2.45) is 17.6 Å². The zero-order chi connectivity index (χ0) is 6.43. The Morgan fingerprint density at radius 3 is 2.22 bits per heavy atom. The molecule has 52 valence electrons. The second-order valence-electron chi connectivity index (χ2n) is 3.41. The molecule has 2 saturated carbocycles. The molecule has 0 aromatic heterocycles. The van der Waals surface area contributed by atoms with E-state index in [2.05, 4.69) is 22.6 Å². The van der Waals surface area contributed by atoms with E-state index in [0.717, 1.165) is 15.8 Å². The predicted octanol–water partition coefficient (Wildman–Crippen LogP) is 1.55. The topological polar surface area (TPSA) is 26.0 Å². The van der Waals surface area contributed by atoms with Gasteiger partial charge in [0.05, 0.1) is 0 Å². The first-order chi connectivity index (χ1) is 4.27. The molecule has 0 aromatic carbocycles. The van der Waals surface area contributed by atoms with Crippen molar-refractivity contribution >= 4 is 22.6 Å². The molecule has 0 spiro atoms. The van der Waals surface area contributed by atoms with E-state index >= 15 is 0 Å². The zero-order valence-corrected chi connectivity index (χ0v) is 7.54. The van der Waals surface area contributed by atoms with E-state index in [1.54, 1.807) is 0 Å². The van der Waals surface area contributed by atoms with E-state index in [1.165, 1.54) is 19.3 Å². The molecule has 2 rings (SSSR count). The van der Waals surface area contributed by atoms with Gasteiger partial charge in [-0.1, -0.05) is 22.6 Å². The molecule has 2 heteroatoms. The first kappa shape index (κ1) is 6.40. The van der Waals surface area contributed by atoms with E-state index in [-0.39, 0.29) is 0 Å². The SMILES string of the molecule is N[C@@H]1C[C@H]2C[C@@H]1C[C@@H]2I. The maximum Gasteiger partial charge on any atom is 0.0142 e. The van der Waals surface area contributed by atoms with Crippen molar-refractivity contribution in [3.8, 4) is 0 Å². The number of fused-ring (bicyclic) bond motifs is 2. The molecule has 0 saturated heterocycles. The second-order valence-corrected chi connectivity index (χ2v) is 5.01. The summed E-state index contributed by atoms with van der Waals surface area (Å²) in [7, 11) is 0. The predicted molar refractivity (Wildman–Crippen MR) is 46.6 cm³/mol. The molecule has 2 aliphatic carbocycles. The van der Waals surface area contributed by atoms with Crippen molar-refractivity contribution in [1.29, 1.82) is 0 Å².